The van der Waals surface area contributed by atoms with E-state index in [0.29, 0.717) is 5.75 Å². The van der Waals surface area contributed by atoms with Crippen molar-refractivity contribution in [2.45, 2.75) is 4.90 Å². The highest BCUT2D eigenvalue weighted by Crippen LogP contribution is 2.28. The molecule has 0 fully saturated rings. The van der Waals surface area contributed by atoms with Crippen LogP contribution in [-0.4, -0.2) is 22.1 Å². The largest absolute Gasteiger partial charge is 0.495 e. The maximum atomic E-state index is 12.1. The number of hydrogen-bond donors (Lipinski definition) is 0. The second-order valence-electron chi connectivity index (χ2n) is 3.70. The number of benzene rings is 1. The van der Waals surface area contributed by atoms with Crippen LogP contribution in [0.3, 0.4) is 0 Å². The topological polar surface area (TPSA) is 48.3 Å². The Kier molecular flexibility index (Phi) is 3.02. The summed E-state index contributed by atoms with van der Waals surface area (Å²) in [6.45, 7) is 0. The summed E-state index contributed by atoms with van der Waals surface area (Å²) in [6, 6.07) is 7.40. The van der Waals surface area contributed by atoms with Gasteiger partial charge in [0.05, 0.1) is 23.4 Å². The molecule has 0 aliphatic rings. The molecule has 1 aromatic heterocycles. The molecule has 0 radical (unpaired) electrons. The predicted molar refractivity (Wildman–Crippen MR) is 68.1 cm³/mol. The highest BCUT2D eigenvalue weighted by atomic mass is 32.2. The minimum Gasteiger partial charge on any atom is -0.495 e. The van der Waals surface area contributed by atoms with Crippen molar-refractivity contribution in [1.29, 1.82) is 0 Å². The van der Waals surface area contributed by atoms with Gasteiger partial charge in [0.2, 0.25) is 0 Å². The predicted octanol–water partition coefficient (Wildman–Crippen LogP) is 1.28. The Bertz CT molecular complexity index is 661. The Hall–Kier alpha value is -1.62. The molecular formula is C12H13NO3S. The van der Waals surface area contributed by atoms with Crippen LogP contribution in [0.2, 0.25) is 0 Å². The Morgan fingerprint density at radius 2 is 1.94 bits per heavy atom. The van der Waals surface area contributed by atoms with E-state index < -0.39 is 10.8 Å². The molecule has 0 aliphatic heterocycles. The molecule has 1 atom stereocenters. The van der Waals surface area contributed by atoms with E-state index in [1.807, 2.05) is 24.3 Å². The average Bonchev–Trinajstić information content (AvgIpc) is 2.33. The van der Waals surface area contributed by atoms with Crippen molar-refractivity contribution in [3.8, 4) is 5.75 Å². The summed E-state index contributed by atoms with van der Waals surface area (Å²) in [5.74, 6) is 0.407. The molecule has 0 saturated carbocycles. The van der Waals surface area contributed by atoms with Gasteiger partial charge in [0, 0.05) is 18.7 Å². The molecular weight excluding hydrogens is 238 g/mol. The Morgan fingerprint density at radius 3 is 2.53 bits per heavy atom. The van der Waals surface area contributed by atoms with Gasteiger partial charge in [0.25, 0.3) is 5.56 Å². The van der Waals surface area contributed by atoms with Gasteiger partial charge < -0.3 is 9.30 Å². The zero-order valence-corrected chi connectivity index (χ0v) is 10.7. The lowest BCUT2D eigenvalue weighted by Gasteiger charge is -2.12. The molecule has 0 bridgehead atoms. The van der Waals surface area contributed by atoms with Crippen LogP contribution in [-0.2, 0) is 17.8 Å². The van der Waals surface area contributed by atoms with E-state index in [1.165, 1.54) is 17.9 Å². The van der Waals surface area contributed by atoms with Gasteiger partial charge in [-0.2, -0.15) is 0 Å². The van der Waals surface area contributed by atoms with E-state index in [4.69, 9.17) is 4.74 Å². The highest BCUT2D eigenvalue weighted by Gasteiger charge is 2.18. The number of pyridine rings is 1. The summed E-state index contributed by atoms with van der Waals surface area (Å²) in [6.07, 6.45) is 1.48. The fourth-order valence-corrected chi connectivity index (χ4v) is 2.73. The summed E-state index contributed by atoms with van der Waals surface area (Å²) in [7, 11) is 1.77. The molecule has 1 aromatic carbocycles. The van der Waals surface area contributed by atoms with Crippen molar-refractivity contribution >= 4 is 21.7 Å². The molecule has 1 heterocycles. The molecule has 4 nitrogen and oxygen atoms in total. The van der Waals surface area contributed by atoms with Gasteiger partial charge in [-0.15, -0.1) is 0 Å². The quantitative estimate of drug-likeness (QED) is 0.808. The minimum absolute atomic E-state index is 0.216. The average molecular weight is 251 g/mol. The van der Waals surface area contributed by atoms with Crippen LogP contribution in [0.15, 0.2) is 34.0 Å². The smallest absolute Gasteiger partial charge is 0.270 e. The molecule has 2 rings (SSSR count). The first-order chi connectivity index (χ1) is 8.07. The second-order valence-corrected chi connectivity index (χ2v) is 5.01. The number of hydrogen-bond acceptors (Lipinski definition) is 3. The zero-order valence-electron chi connectivity index (χ0n) is 9.89. The first kappa shape index (κ1) is 11.9. The standard InChI is InChI=1S/C12H13NO3S/c1-13-9-7-5-4-6-8(9)10(16-2)11(12(13)14)17(3)15/h4-7H,1-3H3. The van der Waals surface area contributed by atoms with Crippen LogP contribution in [0.25, 0.3) is 10.9 Å². The summed E-state index contributed by atoms with van der Waals surface area (Å²) in [4.78, 5) is 12.3. The molecule has 2 aromatic rings. The minimum atomic E-state index is -1.38. The van der Waals surface area contributed by atoms with Crippen molar-refractivity contribution in [2.75, 3.05) is 13.4 Å². The SMILES string of the molecule is COc1c(S(C)=O)c(=O)n(C)c2ccccc12. The van der Waals surface area contributed by atoms with Crippen molar-refractivity contribution in [1.82, 2.24) is 4.57 Å². The molecule has 0 amide bonds. The molecule has 0 spiro atoms. The normalized spacial score (nSPS) is 12.6. The van der Waals surface area contributed by atoms with Crippen molar-refractivity contribution in [3.63, 3.8) is 0 Å². The maximum absolute atomic E-state index is 12.1. The third kappa shape index (κ3) is 1.76. The molecule has 17 heavy (non-hydrogen) atoms. The number of nitrogens with zero attached hydrogens (tertiary/aromatic N) is 1. The van der Waals surface area contributed by atoms with E-state index >= 15 is 0 Å². The summed E-state index contributed by atoms with van der Waals surface area (Å²) >= 11 is 0. The van der Waals surface area contributed by atoms with E-state index in [2.05, 4.69) is 0 Å². The summed E-state index contributed by atoms with van der Waals surface area (Å²) in [5.41, 5.74) is 0.491. The number of fused-ring (bicyclic) bond motifs is 1. The van der Waals surface area contributed by atoms with E-state index in [9.17, 15) is 9.00 Å². The number of methoxy groups -OCH3 is 1. The van der Waals surface area contributed by atoms with Crippen molar-refractivity contribution in [2.24, 2.45) is 7.05 Å². The lowest BCUT2D eigenvalue weighted by atomic mass is 10.2. The molecule has 90 valence electrons. The van der Waals surface area contributed by atoms with Crippen molar-refractivity contribution in [3.05, 3.63) is 34.6 Å². The number of rotatable bonds is 2. The first-order valence-corrected chi connectivity index (χ1v) is 6.63. The summed E-state index contributed by atoms with van der Waals surface area (Å²) < 4.78 is 18.4. The van der Waals surface area contributed by atoms with E-state index in [1.54, 1.807) is 7.05 Å². The van der Waals surface area contributed by atoms with Crippen LogP contribution in [0.1, 0.15) is 0 Å². The van der Waals surface area contributed by atoms with E-state index in [0.717, 1.165) is 10.9 Å². The molecule has 5 heteroatoms. The van der Waals surface area contributed by atoms with Crippen LogP contribution in [0.5, 0.6) is 5.75 Å². The number of aryl methyl sites for hydroxylation is 1. The Labute approximate surface area is 101 Å². The van der Waals surface area contributed by atoms with Gasteiger partial charge >= 0.3 is 0 Å². The van der Waals surface area contributed by atoms with Gasteiger partial charge in [-0.1, -0.05) is 12.1 Å². The molecule has 0 aliphatic carbocycles. The third-order valence-corrected chi connectivity index (χ3v) is 3.64. The number of ether oxygens (including phenoxy) is 1. The van der Waals surface area contributed by atoms with Crippen LogP contribution in [0, 0.1) is 0 Å². The molecule has 0 N–H and O–H groups in total. The second kappa shape index (κ2) is 4.33. The Balaban J connectivity index is 3.06. The van der Waals surface area contributed by atoms with Crippen LogP contribution < -0.4 is 10.3 Å². The maximum Gasteiger partial charge on any atom is 0.270 e. The zero-order chi connectivity index (χ0) is 12.6. The third-order valence-electron chi connectivity index (χ3n) is 2.71. The van der Waals surface area contributed by atoms with Crippen LogP contribution in [0.4, 0.5) is 0 Å². The van der Waals surface area contributed by atoms with Gasteiger partial charge in [-0.3, -0.25) is 9.00 Å². The van der Waals surface area contributed by atoms with Gasteiger partial charge in [-0.05, 0) is 12.1 Å². The van der Waals surface area contributed by atoms with Gasteiger partial charge in [-0.25, -0.2) is 0 Å². The number of para-hydroxylation sites is 1. The molecule has 0 saturated heterocycles. The Morgan fingerprint density at radius 1 is 1.29 bits per heavy atom. The van der Waals surface area contributed by atoms with E-state index in [-0.39, 0.29) is 10.5 Å². The number of aromatic nitrogens is 1. The molecule has 1 unspecified atom stereocenters. The lowest BCUT2D eigenvalue weighted by Crippen LogP contribution is -2.22. The monoisotopic (exact) mass is 251 g/mol. The lowest BCUT2D eigenvalue weighted by molar-refractivity contribution is 0.406. The van der Waals surface area contributed by atoms with Crippen LogP contribution >= 0.6 is 0 Å². The fraction of sp³-hybridized carbons (Fsp3) is 0.250. The fourth-order valence-electron chi connectivity index (χ4n) is 1.90. The van der Waals surface area contributed by atoms with Crippen molar-refractivity contribution < 1.29 is 8.95 Å². The van der Waals surface area contributed by atoms with Gasteiger partial charge in [0.1, 0.15) is 10.6 Å². The summed E-state index contributed by atoms with van der Waals surface area (Å²) in [5, 5.41) is 0.794. The van der Waals surface area contributed by atoms with Gasteiger partial charge in [0.15, 0.2) is 0 Å². The highest BCUT2D eigenvalue weighted by molar-refractivity contribution is 7.84. The first-order valence-electron chi connectivity index (χ1n) is 5.07.